The Morgan fingerprint density at radius 1 is 1.33 bits per heavy atom. The van der Waals surface area contributed by atoms with Gasteiger partial charge in [-0.1, -0.05) is 6.07 Å². The molecule has 2 aromatic rings. The predicted octanol–water partition coefficient (Wildman–Crippen LogP) is 3.57. The van der Waals surface area contributed by atoms with Gasteiger partial charge >= 0.3 is 0 Å². The van der Waals surface area contributed by atoms with E-state index in [-0.39, 0.29) is 5.82 Å². The molecule has 0 saturated carbocycles. The number of halogens is 2. The van der Waals surface area contributed by atoms with Crippen molar-refractivity contribution in [3.05, 3.63) is 63.6 Å². The molecule has 4 heteroatoms. The number of nitrogens with zero attached hydrogens (tertiary/aromatic N) is 1. The van der Waals surface area contributed by atoms with Crippen LogP contribution >= 0.6 is 15.9 Å². The average Bonchev–Trinajstić information content (AvgIpc) is 2.32. The molecular formula is C14H13BrFNO. The molecule has 18 heavy (non-hydrogen) atoms. The lowest BCUT2D eigenvalue weighted by Gasteiger charge is -2.14. The monoisotopic (exact) mass is 309 g/mol. The summed E-state index contributed by atoms with van der Waals surface area (Å²) in [6.45, 7) is 1.86. The Kier molecular flexibility index (Phi) is 4.09. The molecule has 1 aromatic carbocycles. The number of hydrogen-bond donors (Lipinski definition) is 1. The number of hydrogen-bond acceptors (Lipinski definition) is 2. The third-order valence-electron chi connectivity index (χ3n) is 2.79. The zero-order valence-corrected chi connectivity index (χ0v) is 11.5. The highest BCUT2D eigenvalue weighted by molar-refractivity contribution is 9.10. The SMILES string of the molecule is Cc1ccc(F)cc1C(O)Cc1cncc(Br)c1. The highest BCUT2D eigenvalue weighted by Crippen LogP contribution is 2.23. The second-order valence-electron chi connectivity index (χ2n) is 4.23. The van der Waals surface area contributed by atoms with Gasteiger partial charge in [-0.2, -0.15) is 0 Å². The van der Waals surface area contributed by atoms with Gasteiger partial charge in [0.1, 0.15) is 5.82 Å². The lowest BCUT2D eigenvalue weighted by Crippen LogP contribution is -2.04. The molecule has 0 aliphatic rings. The number of rotatable bonds is 3. The van der Waals surface area contributed by atoms with Crippen molar-refractivity contribution in [1.82, 2.24) is 4.98 Å². The van der Waals surface area contributed by atoms with Gasteiger partial charge in [-0.25, -0.2) is 4.39 Å². The van der Waals surface area contributed by atoms with E-state index in [4.69, 9.17) is 0 Å². The van der Waals surface area contributed by atoms with Crippen molar-refractivity contribution in [3.63, 3.8) is 0 Å². The number of pyridine rings is 1. The lowest BCUT2D eigenvalue weighted by atomic mass is 9.98. The highest BCUT2D eigenvalue weighted by atomic mass is 79.9. The van der Waals surface area contributed by atoms with Gasteiger partial charge in [0, 0.05) is 23.3 Å². The minimum absolute atomic E-state index is 0.331. The Morgan fingerprint density at radius 3 is 2.83 bits per heavy atom. The third-order valence-corrected chi connectivity index (χ3v) is 3.22. The number of benzene rings is 1. The molecule has 0 amide bonds. The molecule has 0 aliphatic carbocycles. The van der Waals surface area contributed by atoms with Gasteiger partial charge in [0.25, 0.3) is 0 Å². The Morgan fingerprint density at radius 2 is 2.11 bits per heavy atom. The molecule has 0 bridgehead atoms. The predicted molar refractivity (Wildman–Crippen MR) is 71.7 cm³/mol. The highest BCUT2D eigenvalue weighted by Gasteiger charge is 2.12. The molecule has 0 spiro atoms. The van der Waals surface area contributed by atoms with Crippen molar-refractivity contribution < 1.29 is 9.50 Å². The zero-order chi connectivity index (χ0) is 13.1. The van der Waals surface area contributed by atoms with Crippen molar-refractivity contribution >= 4 is 15.9 Å². The molecule has 0 radical (unpaired) electrons. The summed E-state index contributed by atoms with van der Waals surface area (Å²) in [5, 5.41) is 10.2. The molecule has 2 nitrogen and oxygen atoms in total. The van der Waals surface area contributed by atoms with Crippen LogP contribution in [0.4, 0.5) is 4.39 Å². The van der Waals surface area contributed by atoms with Crippen molar-refractivity contribution in [2.45, 2.75) is 19.4 Å². The van der Waals surface area contributed by atoms with Crippen LogP contribution in [0.5, 0.6) is 0 Å². The van der Waals surface area contributed by atoms with E-state index in [1.165, 1.54) is 12.1 Å². The van der Waals surface area contributed by atoms with Crippen LogP contribution in [0, 0.1) is 12.7 Å². The second-order valence-corrected chi connectivity index (χ2v) is 5.15. The van der Waals surface area contributed by atoms with E-state index >= 15 is 0 Å². The van der Waals surface area contributed by atoms with Gasteiger partial charge in [-0.15, -0.1) is 0 Å². The topological polar surface area (TPSA) is 33.1 Å². The summed E-state index contributed by atoms with van der Waals surface area (Å²) in [7, 11) is 0. The van der Waals surface area contributed by atoms with Crippen molar-refractivity contribution in [2.24, 2.45) is 0 Å². The van der Waals surface area contributed by atoms with Crippen molar-refractivity contribution in [1.29, 1.82) is 0 Å². The first kappa shape index (κ1) is 13.2. The Hall–Kier alpha value is -1.26. The average molecular weight is 310 g/mol. The van der Waals surface area contributed by atoms with E-state index in [1.807, 2.05) is 13.0 Å². The maximum Gasteiger partial charge on any atom is 0.123 e. The smallest absolute Gasteiger partial charge is 0.123 e. The van der Waals surface area contributed by atoms with Gasteiger partial charge in [-0.05, 0) is 57.7 Å². The maximum atomic E-state index is 13.2. The van der Waals surface area contributed by atoms with Crippen LogP contribution in [0.2, 0.25) is 0 Å². The van der Waals surface area contributed by atoms with Gasteiger partial charge in [0.2, 0.25) is 0 Å². The summed E-state index contributed by atoms with van der Waals surface area (Å²) >= 11 is 3.33. The maximum absolute atomic E-state index is 13.2. The van der Waals surface area contributed by atoms with Crippen LogP contribution in [-0.4, -0.2) is 10.1 Å². The van der Waals surface area contributed by atoms with E-state index in [0.29, 0.717) is 12.0 Å². The van der Waals surface area contributed by atoms with Crippen LogP contribution < -0.4 is 0 Å². The summed E-state index contributed by atoms with van der Waals surface area (Å²) in [5.41, 5.74) is 2.40. The van der Waals surface area contributed by atoms with Gasteiger partial charge < -0.3 is 5.11 Å². The van der Waals surface area contributed by atoms with Crippen molar-refractivity contribution in [2.75, 3.05) is 0 Å². The number of aliphatic hydroxyl groups is 1. The standard InChI is InChI=1S/C14H13BrFNO/c1-9-2-3-12(16)6-13(9)14(18)5-10-4-11(15)8-17-7-10/h2-4,6-8,14,18H,5H2,1H3. The molecule has 0 fully saturated rings. The minimum Gasteiger partial charge on any atom is -0.388 e. The third kappa shape index (κ3) is 3.15. The fraction of sp³-hybridized carbons (Fsp3) is 0.214. The summed E-state index contributed by atoms with van der Waals surface area (Å²) in [6, 6.07) is 6.34. The molecule has 1 N–H and O–H groups in total. The summed E-state index contributed by atoms with van der Waals surface area (Å²) in [4.78, 5) is 4.04. The molecule has 94 valence electrons. The Bertz CT molecular complexity index is 559. The molecule has 1 atom stereocenters. The summed E-state index contributed by atoms with van der Waals surface area (Å²) in [6.07, 6.45) is 3.07. The van der Waals surface area contributed by atoms with Gasteiger partial charge in [-0.3, -0.25) is 4.98 Å². The summed E-state index contributed by atoms with van der Waals surface area (Å²) < 4.78 is 14.0. The van der Waals surface area contributed by atoms with Gasteiger partial charge in [0.15, 0.2) is 0 Å². The quantitative estimate of drug-likeness (QED) is 0.940. The molecule has 1 aromatic heterocycles. The van der Waals surface area contributed by atoms with Crippen molar-refractivity contribution in [3.8, 4) is 0 Å². The number of aliphatic hydroxyl groups excluding tert-OH is 1. The fourth-order valence-corrected chi connectivity index (χ4v) is 2.28. The molecule has 0 aliphatic heterocycles. The molecule has 0 saturated heterocycles. The summed E-state index contributed by atoms with van der Waals surface area (Å²) in [5.74, 6) is -0.331. The molecule has 1 heterocycles. The normalized spacial score (nSPS) is 12.4. The van der Waals surface area contributed by atoms with Crippen LogP contribution in [0.25, 0.3) is 0 Å². The number of aryl methyl sites for hydroxylation is 1. The minimum atomic E-state index is -0.725. The largest absolute Gasteiger partial charge is 0.388 e. The molecule has 2 rings (SSSR count). The molecular weight excluding hydrogens is 297 g/mol. The van der Waals surface area contributed by atoms with Crippen LogP contribution in [-0.2, 0) is 6.42 Å². The van der Waals surface area contributed by atoms with Gasteiger partial charge in [0.05, 0.1) is 6.10 Å². The fourth-order valence-electron chi connectivity index (χ4n) is 1.87. The zero-order valence-electron chi connectivity index (χ0n) is 9.90. The molecule has 1 unspecified atom stereocenters. The van der Waals surface area contributed by atoms with E-state index in [1.54, 1.807) is 18.5 Å². The number of aromatic nitrogens is 1. The first-order chi connectivity index (χ1) is 8.56. The van der Waals surface area contributed by atoms with E-state index in [0.717, 1.165) is 15.6 Å². The van der Waals surface area contributed by atoms with E-state index in [9.17, 15) is 9.50 Å². The Labute approximate surface area is 114 Å². The van der Waals surface area contributed by atoms with E-state index < -0.39 is 6.10 Å². The Balaban J connectivity index is 2.21. The second kappa shape index (κ2) is 5.59. The first-order valence-electron chi connectivity index (χ1n) is 5.60. The van der Waals surface area contributed by atoms with E-state index in [2.05, 4.69) is 20.9 Å². The van der Waals surface area contributed by atoms with Crippen LogP contribution in [0.1, 0.15) is 22.8 Å². The van der Waals surface area contributed by atoms with Crippen LogP contribution in [0.15, 0.2) is 41.1 Å². The first-order valence-corrected chi connectivity index (χ1v) is 6.39. The van der Waals surface area contributed by atoms with Crippen LogP contribution in [0.3, 0.4) is 0 Å². The lowest BCUT2D eigenvalue weighted by molar-refractivity contribution is 0.177.